The summed E-state index contributed by atoms with van der Waals surface area (Å²) in [6.45, 7) is 8.96. The van der Waals surface area contributed by atoms with E-state index in [4.69, 9.17) is 28.7 Å². The highest BCUT2D eigenvalue weighted by molar-refractivity contribution is 7.98. The Morgan fingerprint density at radius 1 is 0.485 bits per heavy atom. The van der Waals surface area contributed by atoms with Crippen molar-refractivity contribution in [2.75, 3.05) is 37.1 Å². The van der Waals surface area contributed by atoms with Gasteiger partial charge in [0.25, 0.3) is 0 Å². The number of nitrogens with two attached hydrogens (primary N) is 5. The Morgan fingerprint density at radius 3 is 1.43 bits per heavy atom. The van der Waals surface area contributed by atoms with Crippen molar-refractivity contribution >= 4 is 118 Å². The summed E-state index contributed by atoms with van der Waals surface area (Å²) >= 11 is 2.74. The first-order valence-corrected chi connectivity index (χ1v) is 36.4. The molecule has 39 heteroatoms. The number of aliphatic hydroxyl groups excluding tert-OH is 1. The van der Waals surface area contributed by atoms with Crippen molar-refractivity contribution in [3.8, 4) is 5.75 Å². The number of phenols is 1. The van der Waals surface area contributed by atoms with Crippen LogP contribution in [0.3, 0.4) is 0 Å². The molecule has 0 saturated carbocycles. The lowest BCUT2D eigenvalue weighted by Gasteiger charge is -2.31. The van der Waals surface area contributed by atoms with Crippen LogP contribution in [0.2, 0.25) is 0 Å². The number of primary amides is 1. The van der Waals surface area contributed by atoms with Gasteiger partial charge in [0.2, 0.25) is 70.9 Å². The Balaban J connectivity index is 3.71. The van der Waals surface area contributed by atoms with Gasteiger partial charge in [0.15, 0.2) is 5.96 Å². The summed E-state index contributed by atoms with van der Waals surface area (Å²) in [6, 6.07) is -13.3. The summed E-state index contributed by atoms with van der Waals surface area (Å²) in [6.07, 6.45) is -1.36. The Hall–Kier alpha value is -9.08. The topological polar surface area (TPSA) is 632 Å². The molecule has 0 fully saturated rings. The quantitative estimate of drug-likeness (QED) is 0.0166. The fourth-order valence-corrected chi connectivity index (χ4v) is 10.8. The third-order valence-electron chi connectivity index (χ3n) is 15.9. The number of benzene rings is 1. The van der Waals surface area contributed by atoms with E-state index in [1.165, 1.54) is 54.7 Å². The molecular weight excluding hydrogens is 1390 g/mol. The highest BCUT2D eigenvalue weighted by Gasteiger charge is 2.39. The molecule has 0 heterocycles. The lowest BCUT2D eigenvalue weighted by Crippen LogP contribution is -2.63. The van der Waals surface area contributed by atoms with Crippen LogP contribution in [0.15, 0.2) is 29.3 Å². The van der Waals surface area contributed by atoms with E-state index >= 15 is 0 Å². The van der Waals surface area contributed by atoms with E-state index in [1.54, 1.807) is 40.2 Å². The smallest absolute Gasteiger partial charge is 0.326 e. The number of aliphatic carboxylic acids is 3. The van der Waals surface area contributed by atoms with Crippen LogP contribution in [-0.2, 0) is 78.3 Å². The number of rotatable bonds is 52. The predicted octanol–water partition coefficient (Wildman–Crippen LogP) is -4.53. The summed E-state index contributed by atoms with van der Waals surface area (Å²) < 4.78 is 0. The number of amides is 12. The van der Waals surface area contributed by atoms with Crippen LogP contribution < -0.4 is 87.2 Å². The zero-order chi connectivity index (χ0) is 78.2. The SMILES string of the molecule is CC[C@H](C)[C@H](NC(=O)[C@H](CCCN=C(N)N)NC(=O)[C@H](CCC(=O)O)NC(=O)[C@H](CCC(N)=O)NC(=O)[C@@H](N)CCSC)C(=O)N[C@H](C(=O)N[C@@H](CC(C)C)C(=O)N[C@@H](CCCCN)C(=O)N[C@@H](CC(=O)O)C(=O)N[C@@H](Cc1ccc(O)cc1)C(=O)N[C@@H](C)C(=O)N[C@@H](CCSC)C(=O)O)[C@@H](C)O. The first-order chi connectivity index (χ1) is 48.4. The first-order valence-electron chi connectivity index (χ1n) is 33.6. The number of hydrogen-bond donors (Lipinski definition) is 21. The Bertz CT molecular complexity index is 3040. The van der Waals surface area contributed by atoms with Crippen LogP contribution in [-0.4, -0.2) is 236 Å². The molecule has 37 nitrogen and oxygen atoms in total. The lowest BCUT2D eigenvalue weighted by molar-refractivity contribution is -0.142. The predicted molar refractivity (Wildman–Crippen MR) is 381 cm³/mol. The standard InChI is InChI=1S/C64H107N17O20S2/c1-9-33(4)50(80-57(94)40(14-12-26-70-64(68)69)73-56(93)42(20-22-48(85)86)75-55(92)41(19-21-47(67)84)72-53(90)38(66)23-27-102-7)61(98)81-51(35(6)82)62(99)79-44(29-32(2)3)59(96)74-39(13-10-11-25-65)54(91)78-46(31-49(87)88)60(97)77-45(30-36-15-17-37(83)18-16-36)58(95)71-34(5)52(89)76-43(63(100)101)24-28-103-8/h15-18,32-35,38-46,50-51,82-83H,9-14,19-31,65-66H2,1-8H3,(H2,67,84)(H,71,95)(H,72,90)(H,73,93)(H,74,96)(H,75,92)(H,76,89)(H,77,97)(H,78,91)(H,79,99)(H,80,94)(H,81,98)(H,85,86)(H,87,88)(H,100,101)(H4,68,69,70)/t33-,34-,35+,38-,39-,40-,41-,42-,43-,44-,45-,46-,50-,51-/m0/s1. The molecule has 0 aliphatic heterocycles. The number of aliphatic imine (C=N–C) groups is 1. The Labute approximate surface area is 606 Å². The van der Waals surface area contributed by atoms with Gasteiger partial charge < -0.3 is 113 Å². The van der Waals surface area contributed by atoms with Crippen molar-refractivity contribution < 1.29 is 97.5 Å². The van der Waals surface area contributed by atoms with E-state index in [2.05, 4.69) is 63.5 Å². The molecule has 1 aromatic rings. The maximum atomic E-state index is 14.5. The van der Waals surface area contributed by atoms with Gasteiger partial charge in [-0.1, -0.05) is 46.2 Å². The maximum Gasteiger partial charge on any atom is 0.326 e. The normalized spacial score (nSPS) is 15.2. The van der Waals surface area contributed by atoms with Gasteiger partial charge in [-0.3, -0.25) is 72.1 Å². The van der Waals surface area contributed by atoms with Gasteiger partial charge in [0.05, 0.1) is 18.6 Å². The van der Waals surface area contributed by atoms with E-state index < -0.39 is 205 Å². The van der Waals surface area contributed by atoms with Crippen molar-refractivity contribution in [1.82, 2.24) is 58.5 Å². The summed E-state index contributed by atoms with van der Waals surface area (Å²) in [5.74, 6) is -17.3. The molecule has 1 aromatic carbocycles. The van der Waals surface area contributed by atoms with E-state index in [-0.39, 0.29) is 89.0 Å². The molecule has 103 heavy (non-hydrogen) atoms. The minimum absolute atomic E-state index is 0.00626. The number of guanidine groups is 1. The van der Waals surface area contributed by atoms with Crippen molar-refractivity contribution in [3.05, 3.63) is 29.8 Å². The molecular formula is C64H107N17O20S2. The minimum atomic E-state index is -1.96. The van der Waals surface area contributed by atoms with Crippen molar-refractivity contribution in [2.45, 2.75) is 216 Å². The third kappa shape index (κ3) is 36.6. The Morgan fingerprint density at radius 2 is 0.932 bits per heavy atom. The molecule has 1 rings (SSSR count). The highest BCUT2D eigenvalue weighted by Crippen LogP contribution is 2.16. The van der Waals surface area contributed by atoms with Crippen LogP contribution in [0.5, 0.6) is 5.75 Å². The number of carboxylic acids is 3. The number of nitrogens with one attached hydrogen (secondary N) is 11. The number of hydrogen-bond acceptors (Lipinski definition) is 22. The van der Waals surface area contributed by atoms with Gasteiger partial charge >= 0.3 is 17.9 Å². The molecule has 0 spiro atoms. The second-order valence-corrected chi connectivity index (χ2v) is 27.1. The molecule has 0 radical (unpaired) electrons. The van der Waals surface area contributed by atoms with Gasteiger partial charge in [0.1, 0.15) is 72.2 Å². The van der Waals surface area contributed by atoms with Crippen molar-refractivity contribution in [1.29, 1.82) is 0 Å². The zero-order valence-electron chi connectivity index (χ0n) is 59.4. The molecule has 0 saturated heterocycles. The lowest BCUT2D eigenvalue weighted by atomic mass is 9.96. The molecule has 12 amide bonds. The average molecular weight is 1500 g/mol. The van der Waals surface area contributed by atoms with Crippen LogP contribution in [0.4, 0.5) is 0 Å². The Kier molecular flexibility index (Phi) is 43.5. The van der Waals surface area contributed by atoms with Crippen LogP contribution in [0.1, 0.15) is 137 Å². The summed E-state index contributed by atoms with van der Waals surface area (Å²) in [5.41, 5.74) is 28.5. The fraction of sp³-hybridized carbons (Fsp3) is 0.656. The van der Waals surface area contributed by atoms with Crippen molar-refractivity contribution in [3.63, 3.8) is 0 Å². The molecule has 0 unspecified atom stereocenters. The summed E-state index contributed by atoms with van der Waals surface area (Å²) in [4.78, 5) is 206. The number of carbonyl (C=O) groups excluding carboxylic acids is 12. The van der Waals surface area contributed by atoms with Crippen LogP contribution in [0.25, 0.3) is 0 Å². The molecule has 0 aromatic heterocycles. The molecule has 580 valence electrons. The van der Waals surface area contributed by atoms with Gasteiger partial charge in [0, 0.05) is 25.8 Å². The average Bonchev–Trinajstić information content (AvgIpc) is 0.851. The minimum Gasteiger partial charge on any atom is -0.508 e. The first kappa shape index (κ1) is 91.9. The monoisotopic (exact) mass is 1500 g/mol. The number of phenolic OH excluding ortho intramolecular Hbond substituents is 1. The number of nitrogens with zero attached hydrogens (tertiary/aromatic N) is 1. The van der Waals surface area contributed by atoms with Crippen LogP contribution in [0, 0.1) is 11.8 Å². The summed E-state index contributed by atoms with van der Waals surface area (Å²) in [5, 5.41) is 77.2. The second-order valence-electron chi connectivity index (χ2n) is 25.1. The molecule has 26 N–H and O–H groups in total. The largest absolute Gasteiger partial charge is 0.508 e. The van der Waals surface area contributed by atoms with Gasteiger partial charge in [-0.25, -0.2) is 4.79 Å². The van der Waals surface area contributed by atoms with E-state index in [9.17, 15) is 97.5 Å². The molecule has 0 aliphatic rings. The number of carbonyl (C=O) groups is 15. The molecule has 0 aliphatic carbocycles. The number of unbranched alkanes of at least 4 members (excludes halogenated alkanes) is 1. The third-order valence-corrected chi connectivity index (χ3v) is 17.2. The number of carboxylic acid groups (broad SMARTS) is 3. The summed E-state index contributed by atoms with van der Waals surface area (Å²) in [7, 11) is 0. The van der Waals surface area contributed by atoms with Gasteiger partial charge in [-0.2, -0.15) is 23.5 Å². The highest BCUT2D eigenvalue weighted by atomic mass is 32.2. The number of aliphatic hydroxyl groups is 1. The number of aromatic hydroxyl groups is 1. The maximum absolute atomic E-state index is 14.5. The zero-order valence-corrected chi connectivity index (χ0v) is 61.0. The van der Waals surface area contributed by atoms with Crippen LogP contribution >= 0.6 is 23.5 Å². The fourth-order valence-electron chi connectivity index (χ4n) is 9.84. The van der Waals surface area contributed by atoms with Gasteiger partial charge in [-0.15, -0.1) is 0 Å². The van der Waals surface area contributed by atoms with Gasteiger partial charge in [-0.05, 0) is 138 Å². The van der Waals surface area contributed by atoms with E-state index in [0.29, 0.717) is 23.5 Å². The second kappa shape index (κ2) is 48.7. The van der Waals surface area contributed by atoms with E-state index in [1.807, 2.05) is 0 Å². The van der Waals surface area contributed by atoms with E-state index in [0.717, 1.165) is 6.92 Å². The molecule has 14 atom stereocenters. The van der Waals surface area contributed by atoms with Crippen molar-refractivity contribution in [2.24, 2.45) is 45.5 Å². The number of thioether (sulfide) groups is 2. The molecule has 0 bridgehead atoms.